The molecule has 2 rings (SSSR count). The summed E-state index contributed by atoms with van der Waals surface area (Å²) in [5.74, 6) is 0.324. The van der Waals surface area contributed by atoms with Crippen LogP contribution in [0.5, 0.6) is 5.06 Å². The van der Waals surface area contributed by atoms with Gasteiger partial charge in [0.25, 0.3) is 0 Å². The molecule has 0 aliphatic rings. The van der Waals surface area contributed by atoms with E-state index in [2.05, 4.69) is 66.2 Å². The summed E-state index contributed by atoms with van der Waals surface area (Å²) >= 11 is 5.13. The van der Waals surface area contributed by atoms with Gasteiger partial charge in [0.15, 0.2) is 14.1 Å². The van der Waals surface area contributed by atoms with E-state index in [1.54, 1.807) is 11.3 Å². The molecule has 0 N–H and O–H groups in total. The van der Waals surface area contributed by atoms with E-state index in [9.17, 15) is 0 Å². The smallest absolute Gasteiger partial charge is 0.175 e. The van der Waals surface area contributed by atoms with Gasteiger partial charge in [0.1, 0.15) is 6.10 Å². The summed E-state index contributed by atoms with van der Waals surface area (Å²) in [6.45, 7) is 11.9. The first kappa shape index (κ1) is 20.6. The third-order valence-electron chi connectivity index (χ3n) is 4.14. The van der Waals surface area contributed by atoms with Crippen molar-refractivity contribution in [2.45, 2.75) is 46.4 Å². The van der Waals surface area contributed by atoms with Crippen LogP contribution in [0.4, 0.5) is 0 Å². The second-order valence-corrected chi connectivity index (χ2v) is 11.9. The molecule has 2 atom stereocenters. The summed E-state index contributed by atoms with van der Waals surface area (Å²) in [6, 6.07) is 6.18. The summed E-state index contributed by atoms with van der Waals surface area (Å²) in [6.07, 6.45) is 4.72. The van der Waals surface area contributed by atoms with E-state index < -0.39 is 9.04 Å². The first-order valence-corrected chi connectivity index (χ1v) is 13.1. The van der Waals surface area contributed by atoms with Crippen LogP contribution < -0.4 is 4.74 Å². The zero-order valence-corrected chi connectivity index (χ0v) is 19.2. The molecule has 0 aliphatic heterocycles. The molecule has 0 fully saturated rings. The highest BCUT2D eigenvalue weighted by atomic mass is 79.9. The van der Waals surface area contributed by atoms with E-state index in [4.69, 9.17) is 9.16 Å². The SMILES string of the molecule is C[SiH](C)OC[C@H](Oc1cc(Br)cs1)C(Cc1cccnc1)C(C)(C)C. The molecule has 2 aromatic heterocycles. The number of hydrogen-bond acceptors (Lipinski definition) is 4. The number of pyridine rings is 1. The molecule has 138 valence electrons. The van der Waals surface area contributed by atoms with Crippen LogP contribution in [0.25, 0.3) is 0 Å². The average molecular weight is 442 g/mol. The Hall–Kier alpha value is -0.693. The molecule has 2 aromatic rings. The van der Waals surface area contributed by atoms with Crippen LogP contribution in [0, 0.1) is 11.3 Å². The molecule has 3 nitrogen and oxygen atoms in total. The van der Waals surface area contributed by atoms with Gasteiger partial charge >= 0.3 is 0 Å². The molecule has 0 saturated carbocycles. The topological polar surface area (TPSA) is 31.4 Å². The van der Waals surface area contributed by atoms with Crippen LogP contribution in [0.2, 0.25) is 13.1 Å². The fourth-order valence-electron chi connectivity index (χ4n) is 2.79. The summed E-state index contributed by atoms with van der Waals surface area (Å²) in [7, 11) is -1.11. The first-order valence-electron chi connectivity index (χ1n) is 8.67. The van der Waals surface area contributed by atoms with Crippen LogP contribution in [0.3, 0.4) is 0 Å². The summed E-state index contributed by atoms with van der Waals surface area (Å²) in [5, 5.41) is 2.99. The zero-order valence-electron chi connectivity index (χ0n) is 15.7. The molecular formula is C19H28BrNO2SSi. The molecule has 0 amide bonds. The molecule has 1 unspecified atom stereocenters. The molecule has 0 spiro atoms. The predicted octanol–water partition coefficient (Wildman–Crippen LogP) is 5.56. The highest BCUT2D eigenvalue weighted by Gasteiger charge is 2.34. The highest BCUT2D eigenvalue weighted by molar-refractivity contribution is 9.10. The first-order chi connectivity index (χ1) is 11.8. The normalized spacial score (nSPS) is 14.5. The third-order valence-corrected chi connectivity index (χ3v) is 6.58. The number of hydrogen-bond donors (Lipinski definition) is 0. The fourth-order valence-corrected chi connectivity index (χ4v) is 4.68. The maximum Gasteiger partial charge on any atom is 0.175 e. The number of thiophene rings is 1. The van der Waals surface area contributed by atoms with Gasteiger partial charge in [0.2, 0.25) is 0 Å². The van der Waals surface area contributed by atoms with Gasteiger partial charge in [-0.2, -0.15) is 0 Å². The lowest BCUT2D eigenvalue weighted by Crippen LogP contribution is -2.41. The van der Waals surface area contributed by atoms with E-state index in [0.717, 1.165) is 16.0 Å². The summed E-state index contributed by atoms with van der Waals surface area (Å²) in [4.78, 5) is 4.27. The minimum atomic E-state index is -1.11. The van der Waals surface area contributed by atoms with Crippen molar-refractivity contribution in [3.05, 3.63) is 46.0 Å². The standard InChI is InChI=1S/C19H28BrNO2SSi/c1-19(2,3)16(9-14-7-6-8-21-11-14)17(12-22-25(4)5)23-18-10-15(20)13-24-18/h6-8,10-11,13,16-17,25H,9,12H2,1-5H3/t16?,17-/m0/s1. The Labute approximate surface area is 165 Å². The van der Waals surface area contributed by atoms with Gasteiger partial charge in [0.05, 0.1) is 6.61 Å². The summed E-state index contributed by atoms with van der Waals surface area (Å²) in [5.41, 5.74) is 1.34. The molecular weight excluding hydrogens is 414 g/mol. The van der Waals surface area contributed by atoms with Gasteiger partial charge < -0.3 is 9.16 Å². The van der Waals surface area contributed by atoms with Crippen molar-refractivity contribution in [2.75, 3.05) is 6.61 Å². The number of halogens is 1. The summed E-state index contributed by atoms with van der Waals surface area (Å²) < 4.78 is 13.6. The Kier molecular flexibility index (Phi) is 7.67. The number of nitrogens with zero attached hydrogens (tertiary/aromatic N) is 1. The Bertz CT molecular complexity index is 642. The van der Waals surface area contributed by atoms with Crippen LogP contribution in [0.1, 0.15) is 26.3 Å². The van der Waals surface area contributed by atoms with Gasteiger partial charge in [-0.25, -0.2) is 0 Å². The second-order valence-electron chi connectivity index (χ2n) is 7.66. The van der Waals surface area contributed by atoms with Crippen LogP contribution >= 0.6 is 27.3 Å². The van der Waals surface area contributed by atoms with E-state index in [1.165, 1.54) is 5.56 Å². The van der Waals surface area contributed by atoms with Crippen LogP contribution in [-0.4, -0.2) is 26.7 Å². The van der Waals surface area contributed by atoms with Gasteiger partial charge in [-0.15, -0.1) is 11.3 Å². The number of rotatable bonds is 8. The van der Waals surface area contributed by atoms with E-state index in [0.29, 0.717) is 12.5 Å². The van der Waals surface area contributed by atoms with Gasteiger partial charge in [0, 0.05) is 34.2 Å². The minimum absolute atomic E-state index is 0.0145. The van der Waals surface area contributed by atoms with Crippen molar-refractivity contribution >= 4 is 36.3 Å². The Morgan fingerprint density at radius 1 is 1.32 bits per heavy atom. The molecule has 0 aromatic carbocycles. The highest BCUT2D eigenvalue weighted by Crippen LogP contribution is 2.36. The maximum absolute atomic E-state index is 6.41. The molecule has 6 heteroatoms. The Morgan fingerprint density at radius 2 is 2.08 bits per heavy atom. The minimum Gasteiger partial charge on any atom is -0.478 e. The van der Waals surface area contributed by atoms with E-state index in [1.807, 2.05) is 24.5 Å². The monoisotopic (exact) mass is 441 g/mol. The van der Waals surface area contributed by atoms with Gasteiger partial charge in [-0.3, -0.25) is 4.98 Å². The number of aromatic nitrogens is 1. The molecule has 25 heavy (non-hydrogen) atoms. The Morgan fingerprint density at radius 3 is 2.60 bits per heavy atom. The van der Waals surface area contributed by atoms with Crippen LogP contribution in [-0.2, 0) is 10.8 Å². The lowest BCUT2D eigenvalue weighted by molar-refractivity contribution is 0.0289. The Balaban J connectivity index is 2.23. The fraction of sp³-hybridized carbons (Fsp3) is 0.526. The van der Waals surface area contributed by atoms with Gasteiger partial charge in [-0.05, 0) is 52.5 Å². The molecule has 0 radical (unpaired) electrons. The van der Waals surface area contributed by atoms with Crippen molar-refractivity contribution in [1.29, 1.82) is 0 Å². The molecule has 0 bridgehead atoms. The molecule has 0 aliphatic carbocycles. The lowest BCUT2D eigenvalue weighted by Gasteiger charge is -2.37. The van der Waals surface area contributed by atoms with Gasteiger partial charge in [-0.1, -0.05) is 26.8 Å². The second kappa shape index (κ2) is 9.30. The van der Waals surface area contributed by atoms with Crippen molar-refractivity contribution in [1.82, 2.24) is 4.98 Å². The predicted molar refractivity (Wildman–Crippen MR) is 112 cm³/mol. The van der Waals surface area contributed by atoms with Crippen molar-refractivity contribution in [2.24, 2.45) is 11.3 Å². The average Bonchev–Trinajstić information content (AvgIpc) is 2.94. The molecule has 2 heterocycles. The quantitative estimate of drug-likeness (QED) is 0.502. The van der Waals surface area contributed by atoms with Crippen molar-refractivity contribution in [3.63, 3.8) is 0 Å². The third kappa shape index (κ3) is 6.85. The largest absolute Gasteiger partial charge is 0.478 e. The molecule has 0 saturated heterocycles. The van der Waals surface area contributed by atoms with E-state index >= 15 is 0 Å². The lowest BCUT2D eigenvalue weighted by atomic mass is 9.74. The number of ether oxygens (including phenoxy) is 1. The van der Waals surface area contributed by atoms with Crippen molar-refractivity contribution < 1.29 is 9.16 Å². The maximum atomic E-state index is 6.41. The van der Waals surface area contributed by atoms with Crippen LogP contribution in [0.15, 0.2) is 40.4 Å². The van der Waals surface area contributed by atoms with Crippen molar-refractivity contribution in [3.8, 4) is 5.06 Å². The zero-order chi connectivity index (χ0) is 18.4. The van der Waals surface area contributed by atoms with E-state index in [-0.39, 0.29) is 11.5 Å².